The molecule has 1 aromatic heterocycles. The summed E-state index contributed by atoms with van der Waals surface area (Å²) in [7, 11) is 0. The molecule has 1 aromatic rings. The Morgan fingerprint density at radius 1 is 1.30 bits per heavy atom. The Kier molecular flexibility index (Phi) is 6.54. The second kappa shape index (κ2) is 8.42. The highest BCUT2D eigenvalue weighted by Gasteiger charge is 2.14. The number of rotatable bonds is 8. The third-order valence-electron chi connectivity index (χ3n) is 4.27. The maximum absolute atomic E-state index is 4.23. The van der Waals surface area contributed by atoms with Crippen molar-refractivity contribution < 1.29 is 0 Å². The summed E-state index contributed by atoms with van der Waals surface area (Å²) in [4.78, 5) is 6.85. The van der Waals surface area contributed by atoms with E-state index < -0.39 is 0 Å². The summed E-state index contributed by atoms with van der Waals surface area (Å²) in [6.45, 7) is 11.5. The molecule has 114 valence electrons. The number of nitrogens with zero attached hydrogens (tertiary/aromatic N) is 3. The number of hydrogen-bond donors (Lipinski definition) is 1. The quantitative estimate of drug-likeness (QED) is 0.742. The van der Waals surface area contributed by atoms with Gasteiger partial charge >= 0.3 is 0 Å². The van der Waals surface area contributed by atoms with Gasteiger partial charge in [0.2, 0.25) is 0 Å². The van der Waals surface area contributed by atoms with Crippen molar-refractivity contribution in [1.29, 1.82) is 0 Å². The Hall–Kier alpha value is -0.870. The van der Waals surface area contributed by atoms with Crippen LogP contribution in [0.1, 0.15) is 45.2 Å². The standard InChI is InChI=1S/C16H30N4/c1-3-8-20-14-18-13-16(20)12-17-7-4-9-19-10-5-15(2)6-11-19/h13-15,17H,3-12H2,1-2H3. The van der Waals surface area contributed by atoms with Gasteiger partial charge in [0.05, 0.1) is 12.0 Å². The van der Waals surface area contributed by atoms with Crippen LogP contribution in [0.2, 0.25) is 0 Å². The van der Waals surface area contributed by atoms with Crippen molar-refractivity contribution in [3.05, 3.63) is 18.2 Å². The van der Waals surface area contributed by atoms with Gasteiger partial charge in [-0.3, -0.25) is 0 Å². The summed E-state index contributed by atoms with van der Waals surface area (Å²) in [5, 5.41) is 3.55. The predicted octanol–water partition coefficient (Wildman–Crippen LogP) is 2.50. The van der Waals surface area contributed by atoms with Crippen LogP contribution in [0, 0.1) is 5.92 Å². The molecule has 1 N–H and O–H groups in total. The van der Waals surface area contributed by atoms with Gasteiger partial charge in [-0.25, -0.2) is 4.98 Å². The van der Waals surface area contributed by atoms with Crippen LogP contribution < -0.4 is 5.32 Å². The SMILES string of the molecule is CCCn1cncc1CNCCCN1CCC(C)CC1. The van der Waals surface area contributed by atoms with Gasteiger partial charge in [0.25, 0.3) is 0 Å². The predicted molar refractivity (Wildman–Crippen MR) is 83.7 cm³/mol. The Balaban J connectivity index is 1.56. The summed E-state index contributed by atoms with van der Waals surface area (Å²) in [6, 6.07) is 0. The number of aryl methyl sites for hydroxylation is 1. The van der Waals surface area contributed by atoms with Gasteiger partial charge in [0, 0.05) is 19.3 Å². The fourth-order valence-corrected chi connectivity index (χ4v) is 2.87. The molecule has 0 unspecified atom stereocenters. The van der Waals surface area contributed by atoms with Crippen LogP contribution in [-0.4, -0.2) is 40.6 Å². The molecule has 0 radical (unpaired) electrons. The molecule has 0 bridgehead atoms. The molecule has 20 heavy (non-hydrogen) atoms. The van der Waals surface area contributed by atoms with E-state index in [-0.39, 0.29) is 0 Å². The summed E-state index contributed by atoms with van der Waals surface area (Å²) in [5.74, 6) is 0.934. The van der Waals surface area contributed by atoms with E-state index in [1.54, 1.807) is 0 Å². The first-order chi connectivity index (χ1) is 9.79. The topological polar surface area (TPSA) is 33.1 Å². The van der Waals surface area contributed by atoms with Crippen LogP contribution in [0.25, 0.3) is 0 Å². The highest BCUT2D eigenvalue weighted by atomic mass is 15.1. The molecule has 0 aliphatic carbocycles. The highest BCUT2D eigenvalue weighted by molar-refractivity contribution is 4.97. The monoisotopic (exact) mass is 278 g/mol. The van der Waals surface area contributed by atoms with Gasteiger partial charge in [-0.05, 0) is 57.8 Å². The van der Waals surface area contributed by atoms with E-state index in [1.807, 2.05) is 12.5 Å². The molecule has 0 atom stereocenters. The molecule has 0 saturated carbocycles. The average molecular weight is 278 g/mol. The first kappa shape index (κ1) is 15.5. The van der Waals surface area contributed by atoms with Gasteiger partial charge in [0.1, 0.15) is 0 Å². The van der Waals surface area contributed by atoms with E-state index in [0.29, 0.717) is 0 Å². The largest absolute Gasteiger partial charge is 0.333 e. The zero-order valence-electron chi connectivity index (χ0n) is 13.1. The zero-order chi connectivity index (χ0) is 14.2. The molecule has 4 nitrogen and oxygen atoms in total. The number of imidazole rings is 1. The van der Waals surface area contributed by atoms with Crippen LogP contribution in [-0.2, 0) is 13.1 Å². The summed E-state index contributed by atoms with van der Waals surface area (Å²) < 4.78 is 2.25. The minimum absolute atomic E-state index is 0.934. The third-order valence-corrected chi connectivity index (χ3v) is 4.27. The first-order valence-corrected chi connectivity index (χ1v) is 8.21. The van der Waals surface area contributed by atoms with Crippen molar-refractivity contribution in [2.75, 3.05) is 26.2 Å². The summed E-state index contributed by atoms with van der Waals surface area (Å²) >= 11 is 0. The van der Waals surface area contributed by atoms with E-state index >= 15 is 0 Å². The second-order valence-corrected chi connectivity index (χ2v) is 6.13. The second-order valence-electron chi connectivity index (χ2n) is 6.13. The molecule has 2 rings (SSSR count). The fraction of sp³-hybridized carbons (Fsp3) is 0.812. The number of piperidine rings is 1. The van der Waals surface area contributed by atoms with E-state index in [2.05, 4.69) is 33.6 Å². The van der Waals surface area contributed by atoms with Crippen molar-refractivity contribution in [2.45, 2.75) is 52.6 Å². The lowest BCUT2D eigenvalue weighted by Crippen LogP contribution is -2.34. The summed E-state index contributed by atoms with van der Waals surface area (Å²) in [6.07, 6.45) is 9.09. The molecule has 0 aromatic carbocycles. The number of nitrogens with one attached hydrogen (secondary N) is 1. The fourth-order valence-electron chi connectivity index (χ4n) is 2.87. The van der Waals surface area contributed by atoms with Crippen molar-refractivity contribution >= 4 is 0 Å². The molecule has 0 amide bonds. The Labute approximate surface area is 123 Å². The number of aromatic nitrogens is 2. The molecule has 1 aliphatic rings. The van der Waals surface area contributed by atoms with Crippen molar-refractivity contribution in [1.82, 2.24) is 19.8 Å². The van der Waals surface area contributed by atoms with Crippen molar-refractivity contribution in [3.8, 4) is 0 Å². The third kappa shape index (κ3) is 4.91. The van der Waals surface area contributed by atoms with Crippen LogP contribution in [0.5, 0.6) is 0 Å². The highest BCUT2D eigenvalue weighted by Crippen LogP contribution is 2.15. The smallest absolute Gasteiger partial charge is 0.0948 e. The van der Waals surface area contributed by atoms with Crippen LogP contribution in [0.4, 0.5) is 0 Å². The lowest BCUT2D eigenvalue weighted by Gasteiger charge is -2.30. The molecule has 1 aliphatic heterocycles. The van der Waals surface area contributed by atoms with Crippen LogP contribution in [0.3, 0.4) is 0 Å². The molecule has 0 spiro atoms. The van der Waals surface area contributed by atoms with Gasteiger partial charge in [-0.15, -0.1) is 0 Å². The van der Waals surface area contributed by atoms with Crippen LogP contribution in [0.15, 0.2) is 12.5 Å². The normalized spacial score (nSPS) is 17.7. The minimum Gasteiger partial charge on any atom is -0.333 e. The average Bonchev–Trinajstić information content (AvgIpc) is 2.88. The number of hydrogen-bond acceptors (Lipinski definition) is 3. The van der Waals surface area contributed by atoms with Gasteiger partial charge in [-0.1, -0.05) is 13.8 Å². The first-order valence-electron chi connectivity index (χ1n) is 8.21. The lowest BCUT2D eigenvalue weighted by atomic mass is 9.99. The number of likely N-dealkylation sites (tertiary alicyclic amines) is 1. The van der Waals surface area contributed by atoms with Crippen molar-refractivity contribution in [2.24, 2.45) is 5.92 Å². The Morgan fingerprint density at radius 2 is 2.10 bits per heavy atom. The minimum atomic E-state index is 0.934. The van der Waals surface area contributed by atoms with Crippen LogP contribution >= 0.6 is 0 Å². The van der Waals surface area contributed by atoms with E-state index in [4.69, 9.17) is 0 Å². The van der Waals surface area contributed by atoms with Gasteiger partial charge in [-0.2, -0.15) is 0 Å². The molecule has 4 heteroatoms. The molecule has 2 heterocycles. The molecule has 1 fully saturated rings. The maximum Gasteiger partial charge on any atom is 0.0948 e. The lowest BCUT2D eigenvalue weighted by molar-refractivity contribution is 0.190. The molecular weight excluding hydrogens is 248 g/mol. The zero-order valence-corrected chi connectivity index (χ0v) is 13.1. The maximum atomic E-state index is 4.23. The molecule has 1 saturated heterocycles. The Bertz CT molecular complexity index is 366. The van der Waals surface area contributed by atoms with Gasteiger partial charge < -0.3 is 14.8 Å². The van der Waals surface area contributed by atoms with Crippen molar-refractivity contribution in [3.63, 3.8) is 0 Å². The van der Waals surface area contributed by atoms with E-state index in [9.17, 15) is 0 Å². The van der Waals surface area contributed by atoms with E-state index in [1.165, 1.54) is 44.6 Å². The Morgan fingerprint density at radius 3 is 2.85 bits per heavy atom. The molecular formula is C16H30N4. The summed E-state index contributed by atoms with van der Waals surface area (Å²) in [5.41, 5.74) is 1.30. The van der Waals surface area contributed by atoms with E-state index in [0.717, 1.165) is 32.0 Å². The van der Waals surface area contributed by atoms with Gasteiger partial charge in [0.15, 0.2) is 0 Å².